The summed E-state index contributed by atoms with van der Waals surface area (Å²) >= 11 is 0. The fourth-order valence-electron chi connectivity index (χ4n) is 15.9. The summed E-state index contributed by atoms with van der Waals surface area (Å²) < 4.78 is 18.1. The minimum absolute atomic E-state index is 0.880. The smallest absolute Gasteiger partial charge is 0.135 e. The Kier molecular flexibility index (Phi) is 11.9. The Balaban J connectivity index is 0.892. The molecule has 0 saturated heterocycles. The Morgan fingerprint density at radius 3 is 0.705 bits per heavy atom. The normalized spacial score (nSPS) is 12.1. The zero-order chi connectivity index (χ0) is 60.3. The number of rotatable bonds is 7. The molecule has 4 nitrogen and oxygen atoms in total. The summed E-state index contributed by atoms with van der Waals surface area (Å²) in [5.41, 5.74) is 38.1. The van der Waals surface area contributed by atoms with Crippen molar-refractivity contribution in [3.05, 3.63) is 261 Å². The van der Waals surface area contributed by atoms with Gasteiger partial charge in [0.15, 0.2) is 0 Å². The van der Waals surface area contributed by atoms with Crippen LogP contribution in [0.4, 0.5) is 0 Å². The zero-order valence-corrected chi connectivity index (χ0v) is 52.2. The lowest BCUT2D eigenvalue weighted by molar-refractivity contribution is 0.668. The van der Waals surface area contributed by atoms with E-state index in [0.717, 1.165) is 88.4 Å². The maximum absolute atomic E-state index is 6.60. The van der Waals surface area contributed by atoms with Gasteiger partial charge >= 0.3 is 0 Å². The van der Waals surface area contributed by atoms with Gasteiger partial charge in [0.2, 0.25) is 0 Å². The Hall–Kier alpha value is -10.2. The van der Waals surface area contributed by atoms with Gasteiger partial charge < -0.3 is 18.0 Å². The fourth-order valence-corrected chi connectivity index (χ4v) is 15.9. The van der Waals surface area contributed by atoms with Gasteiger partial charge in [0.1, 0.15) is 22.3 Å². The van der Waals surface area contributed by atoms with Crippen LogP contribution >= 0.6 is 0 Å². The summed E-state index contributed by atoms with van der Waals surface area (Å²) in [6.45, 7) is 26.6. The van der Waals surface area contributed by atoms with E-state index in [0.29, 0.717) is 0 Å². The Morgan fingerprint density at radius 1 is 0.205 bits per heavy atom. The lowest BCUT2D eigenvalue weighted by Gasteiger charge is -2.13. The number of benzene rings is 12. The van der Waals surface area contributed by atoms with E-state index >= 15 is 0 Å². The van der Waals surface area contributed by atoms with E-state index in [1.165, 1.54) is 133 Å². The quantitative estimate of drug-likeness (QED) is 0.159. The number of hydrogen-bond donors (Lipinski definition) is 0. The highest BCUT2D eigenvalue weighted by atomic mass is 16.3. The van der Waals surface area contributed by atoms with Gasteiger partial charge in [0, 0.05) is 54.5 Å². The molecule has 0 atom stereocenters. The molecule has 12 aromatic carbocycles. The molecular formula is C84H68N2O2. The Labute approximate surface area is 513 Å². The minimum atomic E-state index is 0.880. The summed E-state index contributed by atoms with van der Waals surface area (Å²) in [4.78, 5) is 0. The van der Waals surface area contributed by atoms with Crippen LogP contribution in [-0.2, 0) is 0 Å². The average molecular weight is 1140 g/mol. The van der Waals surface area contributed by atoms with Gasteiger partial charge in [0.05, 0.1) is 22.1 Å². The minimum Gasteiger partial charge on any atom is -0.456 e. The number of nitrogens with zero attached hydrogens (tertiary/aromatic N) is 2. The molecule has 0 aliphatic heterocycles. The van der Waals surface area contributed by atoms with Crippen LogP contribution in [0.1, 0.15) is 66.8 Å². The van der Waals surface area contributed by atoms with E-state index in [4.69, 9.17) is 8.83 Å². The molecule has 0 saturated carbocycles. The van der Waals surface area contributed by atoms with Crippen LogP contribution in [0.25, 0.3) is 154 Å². The van der Waals surface area contributed by atoms with Gasteiger partial charge in [-0.05, 0) is 292 Å². The highest BCUT2D eigenvalue weighted by molar-refractivity contribution is 6.16. The molecule has 4 aromatic heterocycles. The van der Waals surface area contributed by atoms with E-state index in [-0.39, 0.29) is 0 Å². The summed E-state index contributed by atoms with van der Waals surface area (Å²) in [6.07, 6.45) is 0. The van der Waals surface area contributed by atoms with Crippen LogP contribution in [0.5, 0.6) is 0 Å². The molecule has 4 heterocycles. The third-order valence-electron chi connectivity index (χ3n) is 19.1. The van der Waals surface area contributed by atoms with Crippen molar-refractivity contribution in [3.8, 4) is 67.0 Å². The first-order chi connectivity index (χ1) is 42.5. The zero-order valence-electron chi connectivity index (χ0n) is 52.2. The van der Waals surface area contributed by atoms with Crippen LogP contribution < -0.4 is 0 Å². The molecule has 0 aliphatic rings. The molecule has 0 radical (unpaired) electrons. The summed E-state index contributed by atoms with van der Waals surface area (Å²) in [5.74, 6) is 0. The fraction of sp³-hybridized carbons (Fsp3) is 0.143. The molecule has 0 aliphatic carbocycles. The highest BCUT2D eigenvalue weighted by Gasteiger charge is 2.22. The van der Waals surface area contributed by atoms with Crippen LogP contribution in [0, 0.1) is 83.1 Å². The van der Waals surface area contributed by atoms with Crippen LogP contribution in [0.15, 0.2) is 203 Å². The average Bonchev–Trinajstić information content (AvgIpc) is 1.61. The monoisotopic (exact) mass is 1140 g/mol. The van der Waals surface area contributed by atoms with Crippen LogP contribution in [0.3, 0.4) is 0 Å². The third-order valence-corrected chi connectivity index (χ3v) is 19.1. The van der Waals surface area contributed by atoms with Gasteiger partial charge in [0.25, 0.3) is 0 Å². The predicted octanol–water partition coefficient (Wildman–Crippen LogP) is 23.7. The standard InChI is InChI=1S/C84H68N2O2/c1-45-29-49(5)81(50(6)30-45)59-15-23-75-67(39-59)65-37-57(13-21-73(65)85(75)63-19-27-79-71(43-63)69-41-61(17-25-77(69)87-79)83-53(9)33-47(3)34-54(83)10)58-14-22-74-66(38-58)68-40-60(82-51(7)31-46(2)32-52(82)8)16-24-76(68)86(74)64-20-28-80-72(44-64)70-42-62(18-26-78(70)88-80)84-55(11)35-48(4)36-56(84)12/h13-44H,1-12H3. The Morgan fingerprint density at radius 2 is 0.420 bits per heavy atom. The molecule has 0 N–H and O–H groups in total. The van der Waals surface area contributed by atoms with E-state index in [1.54, 1.807) is 0 Å². The van der Waals surface area contributed by atoms with Crippen molar-refractivity contribution in [2.45, 2.75) is 83.1 Å². The van der Waals surface area contributed by atoms with Gasteiger partial charge in [-0.1, -0.05) is 107 Å². The van der Waals surface area contributed by atoms with Crippen molar-refractivity contribution >= 4 is 87.5 Å². The van der Waals surface area contributed by atoms with E-state index in [2.05, 4.69) is 286 Å². The number of fused-ring (bicyclic) bond motifs is 12. The molecule has 0 fully saturated rings. The third kappa shape index (κ3) is 8.33. The molecule has 0 spiro atoms. The molecule has 0 amide bonds. The summed E-state index contributed by atoms with van der Waals surface area (Å²) in [6, 6.07) is 73.6. The molecule has 426 valence electrons. The molecule has 88 heavy (non-hydrogen) atoms. The first-order valence-electron chi connectivity index (χ1n) is 30.9. The van der Waals surface area contributed by atoms with Crippen molar-refractivity contribution in [3.63, 3.8) is 0 Å². The van der Waals surface area contributed by atoms with E-state index < -0.39 is 0 Å². The summed E-state index contributed by atoms with van der Waals surface area (Å²) in [5, 5.41) is 9.26. The largest absolute Gasteiger partial charge is 0.456 e. The topological polar surface area (TPSA) is 36.1 Å². The molecule has 16 rings (SSSR count). The number of furan rings is 2. The molecule has 0 bridgehead atoms. The van der Waals surface area contributed by atoms with E-state index in [9.17, 15) is 0 Å². The predicted molar refractivity (Wildman–Crippen MR) is 374 cm³/mol. The van der Waals surface area contributed by atoms with Gasteiger partial charge in [-0.3, -0.25) is 0 Å². The van der Waals surface area contributed by atoms with Gasteiger partial charge in [-0.2, -0.15) is 0 Å². The van der Waals surface area contributed by atoms with Crippen molar-refractivity contribution in [2.75, 3.05) is 0 Å². The van der Waals surface area contributed by atoms with Gasteiger partial charge in [-0.25, -0.2) is 0 Å². The highest BCUT2D eigenvalue weighted by Crippen LogP contribution is 2.45. The van der Waals surface area contributed by atoms with Crippen molar-refractivity contribution < 1.29 is 8.83 Å². The second kappa shape index (κ2) is 19.7. The van der Waals surface area contributed by atoms with Crippen LogP contribution in [0.2, 0.25) is 0 Å². The SMILES string of the molecule is Cc1cc(C)c(-c2ccc3oc4ccc(-n5c6ccc(-c7ccc8c(c7)c7cc(-c9c(C)cc(C)cc9C)ccc7n8-c7ccc8oc9ccc(-c%10c(C)cc(C)cc%10C)cc9c8c7)cc6c6cc(-c7c(C)cc(C)cc7C)ccc65)cc4c3c2)c(C)c1. The number of aromatic nitrogens is 2. The maximum atomic E-state index is 6.60. The van der Waals surface area contributed by atoms with Crippen LogP contribution in [-0.4, -0.2) is 9.13 Å². The molecule has 4 heteroatoms. The molecule has 16 aromatic rings. The maximum Gasteiger partial charge on any atom is 0.135 e. The second-order valence-electron chi connectivity index (χ2n) is 25.7. The van der Waals surface area contributed by atoms with Gasteiger partial charge in [-0.15, -0.1) is 0 Å². The lowest BCUT2D eigenvalue weighted by Crippen LogP contribution is -1.94. The molecular weight excluding hydrogens is 1070 g/mol. The number of aryl methyl sites for hydroxylation is 12. The molecule has 0 unspecified atom stereocenters. The second-order valence-corrected chi connectivity index (χ2v) is 25.7. The number of hydrogen-bond acceptors (Lipinski definition) is 2. The lowest BCUT2D eigenvalue weighted by atomic mass is 9.92. The first kappa shape index (κ1) is 53.3. The van der Waals surface area contributed by atoms with Crippen molar-refractivity contribution in [1.82, 2.24) is 9.13 Å². The first-order valence-corrected chi connectivity index (χ1v) is 30.9. The summed E-state index contributed by atoms with van der Waals surface area (Å²) in [7, 11) is 0. The Bertz CT molecular complexity index is 5260. The van der Waals surface area contributed by atoms with Crippen molar-refractivity contribution in [2.24, 2.45) is 0 Å². The van der Waals surface area contributed by atoms with Crippen molar-refractivity contribution in [1.29, 1.82) is 0 Å². The van der Waals surface area contributed by atoms with E-state index in [1.807, 2.05) is 0 Å².